The Morgan fingerprint density at radius 2 is 2.06 bits per heavy atom. The highest BCUT2D eigenvalue weighted by molar-refractivity contribution is 5.81. The monoisotopic (exact) mass is 423 g/mol. The number of nitrogens with two attached hydrogens (primary N) is 1. The summed E-state index contributed by atoms with van der Waals surface area (Å²) < 4.78 is 0. The van der Waals surface area contributed by atoms with Crippen molar-refractivity contribution in [2.75, 3.05) is 35.8 Å². The third-order valence-electron chi connectivity index (χ3n) is 9.20. The molecule has 0 aromatic carbocycles. The third kappa shape index (κ3) is 3.74. The first kappa shape index (κ1) is 22.2. The molecule has 0 amide bonds. The average Bonchev–Trinajstić information content (AvgIpc) is 3.07. The quantitative estimate of drug-likeness (QED) is 0.607. The van der Waals surface area contributed by atoms with Gasteiger partial charge in [-0.3, -0.25) is 0 Å². The molecule has 1 aliphatic heterocycles. The molecule has 1 aromatic heterocycles. The van der Waals surface area contributed by atoms with Crippen LogP contribution in [0, 0.1) is 22.7 Å². The summed E-state index contributed by atoms with van der Waals surface area (Å²) in [6.45, 7) is 14.0. The molecule has 1 aromatic rings. The van der Waals surface area contributed by atoms with Gasteiger partial charge >= 0.3 is 0 Å². The Bertz CT molecular complexity index is 890. The van der Waals surface area contributed by atoms with Crippen molar-refractivity contribution in [2.24, 2.45) is 22.7 Å². The van der Waals surface area contributed by atoms with E-state index in [1.807, 2.05) is 0 Å². The number of nitrogen functional groups attached to an aromatic ring is 1. The lowest BCUT2D eigenvalue weighted by atomic mass is 9.47. The molecule has 4 atom stereocenters. The first-order valence-corrected chi connectivity index (χ1v) is 12.1. The van der Waals surface area contributed by atoms with Crippen molar-refractivity contribution < 1.29 is 0 Å². The maximum absolute atomic E-state index is 6.16. The van der Waals surface area contributed by atoms with Gasteiger partial charge < -0.3 is 15.5 Å². The van der Waals surface area contributed by atoms with Crippen LogP contribution in [0.3, 0.4) is 0 Å². The average molecular weight is 424 g/mol. The number of nitrogens with zero attached hydrogens (tertiary/aromatic N) is 4. The molecule has 5 heteroatoms. The molecule has 170 valence electrons. The lowest BCUT2D eigenvalue weighted by molar-refractivity contribution is -0.0466. The Kier molecular flexibility index (Phi) is 5.82. The van der Waals surface area contributed by atoms with Crippen molar-refractivity contribution >= 4 is 17.3 Å². The fourth-order valence-corrected chi connectivity index (χ4v) is 6.67. The SMILES string of the molecule is CC1=CCC[C@@H]2[C@@](C)(CC/C(C)=C\CN3CN(C)c4ncnc(N)c43)[C@H](C)CC[C@@]12C. The molecule has 5 nitrogen and oxygen atoms in total. The Morgan fingerprint density at radius 1 is 1.29 bits per heavy atom. The topological polar surface area (TPSA) is 58.3 Å². The van der Waals surface area contributed by atoms with Gasteiger partial charge in [-0.05, 0) is 75.0 Å². The van der Waals surface area contributed by atoms with Crippen LogP contribution < -0.4 is 15.5 Å². The van der Waals surface area contributed by atoms with Gasteiger partial charge in [0.25, 0.3) is 0 Å². The van der Waals surface area contributed by atoms with Crippen LogP contribution in [0.4, 0.5) is 17.3 Å². The van der Waals surface area contributed by atoms with Gasteiger partial charge in [0.05, 0.1) is 6.67 Å². The van der Waals surface area contributed by atoms with E-state index in [2.05, 4.69) is 73.6 Å². The molecule has 0 spiro atoms. The van der Waals surface area contributed by atoms with E-state index >= 15 is 0 Å². The molecule has 3 aliphatic rings. The van der Waals surface area contributed by atoms with Crippen LogP contribution in [0.1, 0.15) is 73.1 Å². The summed E-state index contributed by atoms with van der Waals surface area (Å²) in [7, 11) is 2.06. The highest BCUT2D eigenvalue weighted by Gasteiger charge is 2.52. The molecule has 31 heavy (non-hydrogen) atoms. The van der Waals surface area contributed by atoms with E-state index in [1.165, 1.54) is 44.1 Å². The minimum absolute atomic E-state index is 0.401. The van der Waals surface area contributed by atoms with Gasteiger partial charge in [-0.15, -0.1) is 0 Å². The number of hydrogen-bond acceptors (Lipinski definition) is 5. The maximum Gasteiger partial charge on any atom is 0.159 e. The molecule has 0 radical (unpaired) electrons. The van der Waals surface area contributed by atoms with Crippen LogP contribution in [0.25, 0.3) is 0 Å². The Morgan fingerprint density at radius 3 is 2.84 bits per heavy atom. The van der Waals surface area contributed by atoms with Crippen LogP contribution >= 0.6 is 0 Å². The van der Waals surface area contributed by atoms with Crippen LogP contribution in [0.2, 0.25) is 0 Å². The van der Waals surface area contributed by atoms with Crippen molar-refractivity contribution in [3.05, 3.63) is 29.6 Å². The minimum atomic E-state index is 0.401. The molecule has 0 unspecified atom stereocenters. The Balaban J connectivity index is 1.44. The highest BCUT2D eigenvalue weighted by atomic mass is 15.4. The fraction of sp³-hybridized carbons (Fsp3) is 0.692. The van der Waals surface area contributed by atoms with Crippen molar-refractivity contribution in [3.63, 3.8) is 0 Å². The smallest absolute Gasteiger partial charge is 0.159 e. The molecule has 1 saturated carbocycles. The predicted molar refractivity (Wildman–Crippen MR) is 131 cm³/mol. The summed E-state index contributed by atoms with van der Waals surface area (Å²) in [5.41, 5.74) is 11.1. The zero-order chi connectivity index (χ0) is 22.4. The molecule has 1 fully saturated rings. The molecular formula is C26H41N5. The van der Waals surface area contributed by atoms with Crippen LogP contribution in [0.5, 0.6) is 0 Å². The third-order valence-corrected chi connectivity index (χ3v) is 9.20. The summed E-state index contributed by atoms with van der Waals surface area (Å²) in [5, 5.41) is 0. The largest absolute Gasteiger partial charge is 0.382 e. The Labute approximate surface area is 188 Å². The van der Waals surface area contributed by atoms with Gasteiger partial charge in [-0.2, -0.15) is 0 Å². The van der Waals surface area contributed by atoms with Gasteiger partial charge in [-0.1, -0.05) is 44.1 Å². The second kappa shape index (κ2) is 8.14. The molecule has 0 bridgehead atoms. The van der Waals surface area contributed by atoms with Gasteiger partial charge in [-0.25, -0.2) is 9.97 Å². The number of aromatic nitrogens is 2. The molecule has 0 saturated heterocycles. The van der Waals surface area contributed by atoms with E-state index in [9.17, 15) is 0 Å². The first-order valence-electron chi connectivity index (χ1n) is 12.1. The lowest BCUT2D eigenvalue weighted by Crippen LogP contribution is -2.49. The van der Waals surface area contributed by atoms with E-state index in [0.717, 1.165) is 36.6 Å². The van der Waals surface area contributed by atoms with Crippen LogP contribution in [-0.2, 0) is 0 Å². The highest BCUT2D eigenvalue weighted by Crippen LogP contribution is 2.61. The van der Waals surface area contributed by atoms with Crippen LogP contribution in [-0.4, -0.2) is 30.2 Å². The predicted octanol–water partition coefficient (Wildman–Crippen LogP) is 5.80. The van der Waals surface area contributed by atoms with E-state index < -0.39 is 0 Å². The second-order valence-electron chi connectivity index (χ2n) is 10.9. The van der Waals surface area contributed by atoms with Gasteiger partial charge in [0.1, 0.15) is 12.0 Å². The van der Waals surface area contributed by atoms with Gasteiger partial charge in [0.15, 0.2) is 11.6 Å². The van der Waals surface area contributed by atoms with Crippen molar-refractivity contribution in [1.82, 2.24) is 9.97 Å². The first-order chi connectivity index (χ1) is 14.7. The molecule has 2 N–H and O–H groups in total. The van der Waals surface area contributed by atoms with Gasteiger partial charge in [0.2, 0.25) is 0 Å². The van der Waals surface area contributed by atoms with E-state index in [1.54, 1.807) is 11.9 Å². The molecular weight excluding hydrogens is 382 g/mol. The summed E-state index contributed by atoms with van der Waals surface area (Å²) in [5.74, 6) is 3.10. The maximum atomic E-state index is 6.16. The standard InChI is InChI=1S/C26H41N5/c1-18(12-15-31-17-30(6)24-22(31)23(27)28-16-29-24)10-13-25(4)20(3)11-14-26(5)19(2)8-7-9-21(25)26/h8,12,16,20-21H,7,9-11,13-15,17H2,1-6H3,(H2,27,28,29)/b18-12-/t20-,21-,25+,26+/m1/s1. The summed E-state index contributed by atoms with van der Waals surface area (Å²) in [6, 6.07) is 0. The minimum Gasteiger partial charge on any atom is -0.382 e. The number of allylic oxidation sites excluding steroid dienone is 3. The normalized spacial score (nSPS) is 33.2. The summed E-state index contributed by atoms with van der Waals surface area (Å²) >= 11 is 0. The number of anilines is 3. The Hall–Kier alpha value is -2.04. The molecule has 2 heterocycles. The summed E-state index contributed by atoms with van der Waals surface area (Å²) in [6.07, 6.45) is 14.2. The zero-order valence-corrected chi connectivity index (χ0v) is 20.4. The van der Waals surface area contributed by atoms with E-state index in [0.29, 0.717) is 16.6 Å². The van der Waals surface area contributed by atoms with Crippen LogP contribution in [0.15, 0.2) is 29.6 Å². The van der Waals surface area contributed by atoms with E-state index in [4.69, 9.17) is 5.73 Å². The van der Waals surface area contributed by atoms with E-state index in [-0.39, 0.29) is 0 Å². The second-order valence-corrected chi connectivity index (χ2v) is 10.9. The summed E-state index contributed by atoms with van der Waals surface area (Å²) in [4.78, 5) is 13.0. The van der Waals surface area contributed by atoms with Crippen molar-refractivity contribution in [1.29, 1.82) is 0 Å². The molecule has 2 aliphatic carbocycles. The van der Waals surface area contributed by atoms with Gasteiger partial charge in [0, 0.05) is 13.6 Å². The number of hydrogen-bond donors (Lipinski definition) is 1. The van der Waals surface area contributed by atoms with Crippen molar-refractivity contribution in [3.8, 4) is 0 Å². The fourth-order valence-electron chi connectivity index (χ4n) is 6.67. The number of rotatable bonds is 5. The van der Waals surface area contributed by atoms with Crippen molar-refractivity contribution in [2.45, 2.75) is 73.1 Å². The molecule has 4 rings (SSSR count). The lowest BCUT2D eigenvalue weighted by Gasteiger charge is -2.58. The zero-order valence-electron chi connectivity index (χ0n) is 20.4. The number of fused-ring (bicyclic) bond motifs is 2.